The fourth-order valence-corrected chi connectivity index (χ4v) is 2.78. The van der Waals surface area contributed by atoms with Gasteiger partial charge in [0.1, 0.15) is 0 Å². The summed E-state index contributed by atoms with van der Waals surface area (Å²) in [5, 5.41) is 15.9. The predicted octanol–water partition coefficient (Wildman–Crippen LogP) is 2.11. The van der Waals surface area contributed by atoms with Gasteiger partial charge < -0.3 is 15.7 Å². The van der Waals surface area contributed by atoms with E-state index in [0.717, 1.165) is 37.6 Å². The Morgan fingerprint density at radius 2 is 2.05 bits per heavy atom. The summed E-state index contributed by atoms with van der Waals surface area (Å²) < 4.78 is 0. The van der Waals surface area contributed by atoms with Gasteiger partial charge in [0, 0.05) is 29.2 Å². The maximum Gasteiger partial charge on any atom is 0.191 e. The van der Waals surface area contributed by atoms with Crippen molar-refractivity contribution in [3.63, 3.8) is 0 Å². The van der Waals surface area contributed by atoms with Crippen LogP contribution in [0.15, 0.2) is 40.2 Å². The Morgan fingerprint density at radius 3 is 2.67 bits per heavy atom. The number of nitrogens with zero attached hydrogens (tertiary/aromatic N) is 1. The van der Waals surface area contributed by atoms with Crippen molar-refractivity contribution in [2.45, 2.75) is 24.7 Å². The third kappa shape index (κ3) is 5.59. The van der Waals surface area contributed by atoms with Gasteiger partial charge in [-0.15, -0.1) is 11.8 Å². The van der Waals surface area contributed by atoms with Crippen LogP contribution in [0.2, 0.25) is 0 Å². The summed E-state index contributed by atoms with van der Waals surface area (Å²) in [5.41, 5.74) is 0.0706. The van der Waals surface area contributed by atoms with Gasteiger partial charge in [-0.25, -0.2) is 0 Å². The highest BCUT2D eigenvalue weighted by atomic mass is 32.2. The van der Waals surface area contributed by atoms with Crippen LogP contribution in [-0.4, -0.2) is 43.1 Å². The molecule has 0 radical (unpaired) electrons. The normalized spacial score (nSPS) is 16.6. The van der Waals surface area contributed by atoms with E-state index < -0.39 is 0 Å². The van der Waals surface area contributed by atoms with Gasteiger partial charge in [0.25, 0.3) is 0 Å². The molecule has 0 spiro atoms. The molecule has 0 unspecified atom stereocenters. The van der Waals surface area contributed by atoms with Gasteiger partial charge in [-0.2, -0.15) is 0 Å². The quantitative estimate of drug-likeness (QED) is 0.298. The van der Waals surface area contributed by atoms with Gasteiger partial charge in [0.2, 0.25) is 0 Å². The molecule has 116 valence electrons. The number of aliphatic hydroxyl groups excluding tert-OH is 1. The number of rotatable bonds is 8. The molecule has 1 fully saturated rings. The van der Waals surface area contributed by atoms with E-state index >= 15 is 0 Å². The Hall–Kier alpha value is -1.20. The minimum absolute atomic E-state index is 0.0706. The zero-order chi connectivity index (χ0) is 15.0. The van der Waals surface area contributed by atoms with Crippen LogP contribution in [0.5, 0.6) is 0 Å². The monoisotopic (exact) mass is 307 g/mol. The molecule has 0 aromatic heterocycles. The molecule has 1 aliphatic carbocycles. The summed E-state index contributed by atoms with van der Waals surface area (Å²) in [7, 11) is 0. The van der Waals surface area contributed by atoms with Crippen LogP contribution in [0.3, 0.4) is 0 Å². The Labute approximate surface area is 131 Å². The summed E-state index contributed by atoms with van der Waals surface area (Å²) in [6.07, 6.45) is 2.19. The minimum atomic E-state index is 0.0706. The molecule has 1 saturated carbocycles. The average Bonchev–Trinajstić information content (AvgIpc) is 3.31. The van der Waals surface area contributed by atoms with Crippen molar-refractivity contribution in [1.29, 1.82) is 0 Å². The van der Waals surface area contributed by atoms with Crippen LogP contribution < -0.4 is 10.6 Å². The summed E-state index contributed by atoms with van der Waals surface area (Å²) >= 11 is 1.84. The third-order valence-electron chi connectivity index (χ3n) is 3.62. The van der Waals surface area contributed by atoms with Crippen LogP contribution in [0.25, 0.3) is 0 Å². The second kappa shape index (κ2) is 8.29. The van der Waals surface area contributed by atoms with Crippen LogP contribution in [0.1, 0.15) is 19.8 Å². The molecule has 21 heavy (non-hydrogen) atoms. The number of benzene rings is 1. The van der Waals surface area contributed by atoms with Crippen molar-refractivity contribution >= 4 is 17.7 Å². The van der Waals surface area contributed by atoms with Crippen molar-refractivity contribution < 1.29 is 5.11 Å². The molecular weight excluding hydrogens is 282 g/mol. The fourth-order valence-electron chi connectivity index (χ4n) is 1.99. The Morgan fingerprint density at radius 1 is 1.29 bits per heavy atom. The highest BCUT2D eigenvalue weighted by Crippen LogP contribution is 2.45. The van der Waals surface area contributed by atoms with Gasteiger partial charge in [-0.1, -0.05) is 18.2 Å². The zero-order valence-corrected chi connectivity index (χ0v) is 13.5. The standard InChI is InChI=1S/C16H25N3OS/c1-2-17-15(19-12-16(13-20)8-9-16)18-10-11-21-14-6-4-3-5-7-14/h3-7,20H,2,8-13H2,1H3,(H2,17,18,19). The van der Waals surface area contributed by atoms with E-state index in [-0.39, 0.29) is 12.0 Å². The molecule has 2 rings (SSSR count). The van der Waals surface area contributed by atoms with Gasteiger partial charge in [-0.3, -0.25) is 4.99 Å². The highest BCUT2D eigenvalue weighted by molar-refractivity contribution is 7.99. The topological polar surface area (TPSA) is 56.7 Å². The van der Waals surface area contributed by atoms with E-state index in [1.807, 2.05) is 17.8 Å². The molecule has 0 aliphatic heterocycles. The molecule has 0 amide bonds. The van der Waals surface area contributed by atoms with Crippen molar-refractivity contribution in [2.75, 3.05) is 32.0 Å². The van der Waals surface area contributed by atoms with E-state index in [4.69, 9.17) is 0 Å². The number of aliphatic hydroxyl groups is 1. The van der Waals surface area contributed by atoms with Gasteiger partial charge in [-0.05, 0) is 31.9 Å². The molecule has 0 bridgehead atoms. The first kappa shape index (κ1) is 16.2. The summed E-state index contributed by atoms with van der Waals surface area (Å²) in [5.74, 6) is 1.85. The average molecular weight is 307 g/mol. The van der Waals surface area contributed by atoms with Crippen LogP contribution in [-0.2, 0) is 0 Å². The van der Waals surface area contributed by atoms with E-state index in [9.17, 15) is 5.11 Å². The van der Waals surface area contributed by atoms with E-state index in [2.05, 4.69) is 46.8 Å². The molecule has 0 atom stereocenters. The number of aliphatic imine (C=N–C) groups is 1. The van der Waals surface area contributed by atoms with Crippen molar-refractivity contribution in [3.05, 3.63) is 30.3 Å². The number of hydrogen-bond donors (Lipinski definition) is 3. The van der Waals surface area contributed by atoms with Gasteiger partial charge >= 0.3 is 0 Å². The van der Waals surface area contributed by atoms with Crippen LogP contribution >= 0.6 is 11.8 Å². The lowest BCUT2D eigenvalue weighted by atomic mass is 10.1. The highest BCUT2D eigenvalue weighted by Gasteiger charge is 2.41. The first-order valence-corrected chi connectivity index (χ1v) is 8.57. The first-order valence-electron chi connectivity index (χ1n) is 7.59. The lowest BCUT2D eigenvalue weighted by Gasteiger charge is -2.13. The minimum Gasteiger partial charge on any atom is -0.396 e. The number of guanidine groups is 1. The molecule has 1 aromatic rings. The van der Waals surface area contributed by atoms with Crippen molar-refractivity contribution in [3.8, 4) is 0 Å². The second-order valence-electron chi connectivity index (χ2n) is 5.44. The molecule has 5 heteroatoms. The molecule has 1 aromatic carbocycles. The molecular formula is C16H25N3OS. The Balaban J connectivity index is 1.71. The predicted molar refractivity (Wildman–Crippen MR) is 89.9 cm³/mol. The molecule has 0 heterocycles. The molecule has 1 aliphatic rings. The van der Waals surface area contributed by atoms with Gasteiger partial charge in [0.15, 0.2) is 5.96 Å². The van der Waals surface area contributed by atoms with E-state index in [1.165, 1.54) is 4.90 Å². The van der Waals surface area contributed by atoms with Crippen molar-refractivity contribution in [2.24, 2.45) is 10.4 Å². The number of thioether (sulfide) groups is 1. The lowest BCUT2D eigenvalue weighted by Crippen LogP contribution is -2.39. The largest absolute Gasteiger partial charge is 0.396 e. The molecule has 4 nitrogen and oxygen atoms in total. The van der Waals surface area contributed by atoms with Gasteiger partial charge in [0.05, 0.1) is 13.2 Å². The summed E-state index contributed by atoms with van der Waals surface area (Å²) in [6.45, 7) is 4.75. The maximum absolute atomic E-state index is 9.33. The van der Waals surface area contributed by atoms with Crippen LogP contribution in [0, 0.1) is 5.41 Å². The Bertz CT molecular complexity index is 446. The van der Waals surface area contributed by atoms with Crippen LogP contribution in [0.4, 0.5) is 0 Å². The SMILES string of the molecule is CCNC(=NCC1(CO)CC1)NCCSc1ccccc1. The van der Waals surface area contributed by atoms with Crippen molar-refractivity contribution in [1.82, 2.24) is 10.6 Å². The number of hydrogen-bond acceptors (Lipinski definition) is 3. The van der Waals surface area contributed by atoms with E-state index in [0.29, 0.717) is 6.54 Å². The smallest absolute Gasteiger partial charge is 0.191 e. The molecule has 0 saturated heterocycles. The zero-order valence-electron chi connectivity index (χ0n) is 12.6. The molecule has 3 N–H and O–H groups in total. The number of nitrogens with one attached hydrogen (secondary N) is 2. The second-order valence-corrected chi connectivity index (χ2v) is 6.61. The lowest BCUT2D eigenvalue weighted by molar-refractivity contribution is 0.217. The van der Waals surface area contributed by atoms with E-state index in [1.54, 1.807) is 0 Å². The maximum atomic E-state index is 9.33. The first-order chi connectivity index (χ1) is 10.3. The summed E-state index contributed by atoms with van der Waals surface area (Å²) in [4.78, 5) is 5.88. The summed E-state index contributed by atoms with van der Waals surface area (Å²) in [6, 6.07) is 10.4. The fraction of sp³-hybridized carbons (Fsp3) is 0.562. The third-order valence-corrected chi connectivity index (χ3v) is 4.63. The Kier molecular flexibility index (Phi) is 6.39.